The van der Waals surface area contributed by atoms with E-state index in [0.29, 0.717) is 24.3 Å². The SMILES string of the molecule is Nc1ccccc1NC(=O)CCCCCn1c(=O)cc(-c2ccccc2)c2ccccc21. The van der Waals surface area contributed by atoms with Gasteiger partial charge in [0.1, 0.15) is 0 Å². The summed E-state index contributed by atoms with van der Waals surface area (Å²) in [7, 11) is 0. The average Bonchev–Trinajstić information content (AvgIpc) is 2.82. The predicted octanol–water partition coefficient (Wildman–Crippen LogP) is 5.45. The van der Waals surface area contributed by atoms with Crippen LogP contribution in [-0.4, -0.2) is 10.5 Å². The smallest absolute Gasteiger partial charge is 0.251 e. The van der Waals surface area contributed by atoms with Gasteiger partial charge in [0.05, 0.1) is 16.9 Å². The molecule has 3 aromatic carbocycles. The summed E-state index contributed by atoms with van der Waals surface area (Å²) in [6.07, 6.45) is 2.87. The van der Waals surface area contributed by atoms with Crippen molar-refractivity contribution in [1.29, 1.82) is 0 Å². The third-order valence-electron chi connectivity index (χ3n) is 5.62. The zero-order valence-corrected chi connectivity index (χ0v) is 18.0. The molecule has 0 aliphatic rings. The number of pyridine rings is 1. The Labute approximate surface area is 187 Å². The van der Waals surface area contributed by atoms with Crippen molar-refractivity contribution in [1.82, 2.24) is 4.57 Å². The minimum absolute atomic E-state index is 0.000140. The topological polar surface area (TPSA) is 77.1 Å². The number of carbonyl (C=O) groups is 1. The predicted molar refractivity (Wildman–Crippen MR) is 132 cm³/mol. The number of para-hydroxylation sites is 3. The molecule has 0 atom stereocenters. The summed E-state index contributed by atoms with van der Waals surface area (Å²) in [4.78, 5) is 25.1. The third kappa shape index (κ3) is 4.89. The lowest BCUT2D eigenvalue weighted by molar-refractivity contribution is -0.116. The van der Waals surface area contributed by atoms with Crippen LogP contribution in [0.3, 0.4) is 0 Å². The van der Waals surface area contributed by atoms with Gasteiger partial charge in [0.15, 0.2) is 0 Å². The first kappa shape index (κ1) is 21.4. The van der Waals surface area contributed by atoms with E-state index in [1.54, 1.807) is 18.2 Å². The van der Waals surface area contributed by atoms with E-state index in [4.69, 9.17) is 5.73 Å². The minimum Gasteiger partial charge on any atom is -0.397 e. The summed E-state index contributed by atoms with van der Waals surface area (Å²) in [5, 5.41) is 3.92. The Morgan fingerprint density at radius 1 is 0.844 bits per heavy atom. The number of aromatic nitrogens is 1. The lowest BCUT2D eigenvalue weighted by atomic mass is 10.0. The first-order valence-electron chi connectivity index (χ1n) is 11.0. The van der Waals surface area contributed by atoms with Crippen molar-refractivity contribution in [3.05, 3.63) is 95.3 Å². The fourth-order valence-corrected chi connectivity index (χ4v) is 3.98. The second kappa shape index (κ2) is 9.96. The maximum atomic E-state index is 12.9. The van der Waals surface area contributed by atoms with Crippen molar-refractivity contribution in [2.45, 2.75) is 32.2 Å². The molecule has 1 aromatic heterocycles. The monoisotopic (exact) mass is 425 g/mol. The zero-order chi connectivity index (χ0) is 22.3. The van der Waals surface area contributed by atoms with Gasteiger partial charge in [0.2, 0.25) is 5.91 Å². The fourth-order valence-electron chi connectivity index (χ4n) is 3.98. The minimum atomic E-state index is -0.0438. The van der Waals surface area contributed by atoms with Crippen molar-refractivity contribution in [3.63, 3.8) is 0 Å². The van der Waals surface area contributed by atoms with E-state index in [9.17, 15) is 9.59 Å². The van der Waals surface area contributed by atoms with Crippen molar-refractivity contribution in [2.24, 2.45) is 0 Å². The molecule has 0 radical (unpaired) electrons. The van der Waals surface area contributed by atoms with Crippen molar-refractivity contribution in [2.75, 3.05) is 11.1 Å². The number of hydrogen-bond acceptors (Lipinski definition) is 3. The van der Waals surface area contributed by atoms with Gasteiger partial charge >= 0.3 is 0 Å². The van der Waals surface area contributed by atoms with Crippen LogP contribution < -0.4 is 16.6 Å². The fraction of sp³-hybridized carbons (Fsp3) is 0.185. The van der Waals surface area contributed by atoms with Gasteiger partial charge < -0.3 is 15.6 Å². The lowest BCUT2D eigenvalue weighted by Gasteiger charge is -2.14. The Morgan fingerprint density at radius 2 is 1.56 bits per heavy atom. The number of unbranched alkanes of at least 4 members (excludes halogenated alkanes) is 2. The molecule has 4 rings (SSSR count). The summed E-state index contributed by atoms with van der Waals surface area (Å²) in [6.45, 7) is 0.627. The number of anilines is 2. The van der Waals surface area contributed by atoms with E-state index in [-0.39, 0.29) is 11.5 Å². The number of hydrogen-bond donors (Lipinski definition) is 2. The molecule has 0 saturated carbocycles. The number of nitrogens with two attached hydrogens (primary N) is 1. The van der Waals surface area contributed by atoms with Crippen LogP contribution in [0, 0.1) is 0 Å². The second-order valence-electron chi connectivity index (χ2n) is 7.88. The van der Waals surface area contributed by atoms with E-state index >= 15 is 0 Å². The number of fused-ring (bicyclic) bond motifs is 1. The largest absolute Gasteiger partial charge is 0.397 e. The van der Waals surface area contributed by atoms with Crippen molar-refractivity contribution in [3.8, 4) is 11.1 Å². The van der Waals surface area contributed by atoms with Gasteiger partial charge in [-0.1, -0.05) is 67.1 Å². The highest BCUT2D eigenvalue weighted by Gasteiger charge is 2.10. The number of aryl methyl sites for hydroxylation is 1. The number of amides is 1. The molecule has 3 N–H and O–H groups in total. The van der Waals surface area contributed by atoms with Crippen LogP contribution in [0.4, 0.5) is 11.4 Å². The van der Waals surface area contributed by atoms with Crippen LogP contribution in [0.5, 0.6) is 0 Å². The van der Waals surface area contributed by atoms with Gasteiger partial charge in [-0.05, 0) is 42.2 Å². The molecule has 5 heteroatoms. The van der Waals surface area contributed by atoms with Gasteiger partial charge in [-0.3, -0.25) is 9.59 Å². The van der Waals surface area contributed by atoms with Gasteiger partial charge in [-0.15, -0.1) is 0 Å². The zero-order valence-electron chi connectivity index (χ0n) is 18.0. The van der Waals surface area contributed by atoms with E-state index < -0.39 is 0 Å². The molecular weight excluding hydrogens is 398 g/mol. The van der Waals surface area contributed by atoms with Gasteiger partial charge in [0, 0.05) is 24.4 Å². The highest BCUT2D eigenvalue weighted by molar-refractivity contribution is 5.95. The molecule has 162 valence electrons. The molecule has 5 nitrogen and oxygen atoms in total. The summed E-state index contributed by atoms with van der Waals surface area (Å²) >= 11 is 0. The van der Waals surface area contributed by atoms with E-state index in [2.05, 4.69) is 11.4 Å². The Kier molecular flexibility index (Phi) is 6.66. The van der Waals surface area contributed by atoms with Crippen LogP contribution in [0.15, 0.2) is 89.7 Å². The molecule has 1 amide bonds. The van der Waals surface area contributed by atoms with Crippen LogP contribution in [-0.2, 0) is 11.3 Å². The first-order chi connectivity index (χ1) is 15.6. The standard InChI is InChI=1S/C27H27N3O2/c28-23-14-7-8-15-24(23)29-26(31)17-5-2-10-18-30-25-16-9-6-13-21(25)22(19-27(30)32)20-11-3-1-4-12-20/h1,3-4,6-9,11-16,19H,2,5,10,17-18,28H2,(H,29,31). The van der Waals surface area contributed by atoms with Crippen LogP contribution >= 0.6 is 0 Å². The highest BCUT2D eigenvalue weighted by atomic mass is 16.1. The van der Waals surface area contributed by atoms with Gasteiger partial charge in [-0.2, -0.15) is 0 Å². The Hall–Kier alpha value is -3.86. The number of benzene rings is 3. The summed E-state index contributed by atoms with van der Waals surface area (Å²) < 4.78 is 1.84. The van der Waals surface area contributed by atoms with Crippen molar-refractivity contribution >= 4 is 28.2 Å². The molecular formula is C27H27N3O2. The first-order valence-corrected chi connectivity index (χ1v) is 11.0. The quantitative estimate of drug-likeness (QED) is 0.291. The Balaban J connectivity index is 1.39. The van der Waals surface area contributed by atoms with Crippen LogP contribution in [0.25, 0.3) is 22.0 Å². The maximum absolute atomic E-state index is 12.9. The molecule has 0 bridgehead atoms. The molecule has 0 aliphatic heterocycles. The summed E-state index contributed by atoms with van der Waals surface area (Å²) in [5.74, 6) is -0.0438. The molecule has 32 heavy (non-hydrogen) atoms. The van der Waals surface area contributed by atoms with Crippen molar-refractivity contribution < 1.29 is 4.79 Å². The molecule has 0 unspecified atom stereocenters. The number of nitrogens with zero attached hydrogens (tertiary/aromatic N) is 1. The molecule has 1 heterocycles. The molecule has 0 spiro atoms. The Morgan fingerprint density at radius 3 is 2.38 bits per heavy atom. The van der Waals surface area contributed by atoms with E-state index in [1.807, 2.05) is 65.2 Å². The van der Waals surface area contributed by atoms with Crippen LogP contribution in [0.2, 0.25) is 0 Å². The van der Waals surface area contributed by atoms with Gasteiger partial charge in [-0.25, -0.2) is 0 Å². The maximum Gasteiger partial charge on any atom is 0.251 e. The highest BCUT2D eigenvalue weighted by Crippen LogP contribution is 2.27. The number of rotatable bonds is 8. The van der Waals surface area contributed by atoms with Gasteiger partial charge in [0.25, 0.3) is 5.56 Å². The van der Waals surface area contributed by atoms with E-state index in [1.165, 1.54) is 0 Å². The van der Waals surface area contributed by atoms with E-state index in [0.717, 1.165) is 41.3 Å². The molecule has 0 aliphatic carbocycles. The third-order valence-corrected chi connectivity index (χ3v) is 5.62. The Bertz CT molecular complexity index is 1280. The number of nitrogen functional groups attached to an aromatic ring is 1. The summed E-state index contributed by atoms with van der Waals surface area (Å²) in [6, 6.07) is 27.0. The van der Waals surface area contributed by atoms with Crippen LogP contribution in [0.1, 0.15) is 25.7 Å². The molecule has 0 saturated heterocycles. The molecule has 4 aromatic rings. The second-order valence-corrected chi connectivity index (χ2v) is 7.88. The number of carbonyl (C=O) groups excluding carboxylic acids is 1. The average molecular weight is 426 g/mol. The molecule has 0 fully saturated rings. The lowest BCUT2D eigenvalue weighted by Crippen LogP contribution is -2.20. The normalized spacial score (nSPS) is 10.9. The number of nitrogens with one attached hydrogen (secondary N) is 1. The summed E-state index contributed by atoms with van der Waals surface area (Å²) in [5.41, 5.74) is 10.0.